The maximum absolute atomic E-state index is 14.0. The van der Waals surface area contributed by atoms with Gasteiger partial charge in [0.1, 0.15) is 23.9 Å². The molecule has 0 aromatic heterocycles. The maximum atomic E-state index is 14.0. The van der Waals surface area contributed by atoms with Crippen molar-refractivity contribution in [3.05, 3.63) is 10.4 Å². The van der Waals surface area contributed by atoms with Crippen molar-refractivity contribution in [2.24, 2.45) is 17.0 Å². The van der Waals surface area contributed by atoms with Crippen LogP contribution in [-0.2, 0) is 38.1 Å². The van der Waals surface area contributed by atoms with Gasteiger partial charge in [0.2, 0.25) is 5.91 Å². The number of likely N-dealkylation sites (N-methyl/N-ethyl adjacent to an activating group) is 1. The third kappa shape index (κ3) is 10.6. The van der Waals surface area contributed by atoms with E-state index >= 15 is 0 Å². The Kier molecular flexibility index (Phi) is 17.0. The Morgan fingerprint density at radius 1 is 1.15 bits per heavy atom. The summed E-state index contributed by atoms with van der Waals surface area (Å²) in [5, 5.41) is 14.9. The molecular formula is C37H66N6O10. The molecule has 3 aliphatic rings. The van der Waals surface area contributed by atoms with Crippen LogP contribution in [0, 0.1) is 11.8 Å². The van der Waals surface area contributed by atoms with Crippen molar-refractivity contribution in [2.75, 3.05) is 40.8 Å². The fourth-order valence-electron chi connectivity index (χ4n) is 8.22. The number of ether oxygens (including phenoxy) is 5. The Hall–Kier alpha value is -3.01. The molecule has 16 heteroatoms. The number of Topliss-reactive ketones (excluding diaryl/α,β-unsaturated/α-hetero) is 1. The minimum atomic E-state index is -1.38. The Balaban J connectivity index is 0.00000972. The summed E-state index contributed by atoms with van der Waals surface area (Å²) in [6.07, 6.45) is -2.90. The third-order valence-electron chi connectivity index (χ3n) is 11.3. The lowest BCUT2D eigenvalue weighted by molar-refractivity contribution is -0.289. The Morgan fingerprint density at radius 2 is 1.81 bits per heavy atom. The van der Waals surface area contributed by atoms with Gasteiger partial charge in [-0.15, -0.1) is 0 Å². The minimum Gasteiger partial charge on any atom is -0.458 e. The van der Waals surface area contributed by atoms with Gasteiger partial charge in [-0.2, -0.15) is 0 Å². The second-order valence-electron chi connectivity index (χ2n) is 15.5. The van der Waals surface area contributed by atoms with Crippen LogP contribution in [0.3, 0.4) is 0 Å². The highest BCUT2D eigenvalue weighted by atomic mass is 16.7. The van der Waals surface area contributed by atoms with E-state index in [1.54, 1.807) is 23.6 Å². The summed E-state index contributed by atoms with van der Waals surface area (Å²) in [6.45, 7) is 14.8. The topological polar surface area (TPSA) is 193 Å². The molecule has 3 unspecified atom stereocenters. The summed E-state index contributed by atoms with van der Waals surface area (Å²) in [5.41, 5.74) is 6.17. The molecule has 3 aliphatic heterocycles. The largest absolute Gasteiger partial charge is 0.458 e. The van der Waals surface area contributed by atoms with Crippen LogP contribution in [-0.4, -0.2) is 144 Å². The number of ketones is 1. The molecule has 12 atom stereocenters. The highest BCUT2D eigenvalue weighted by Gasteiger charge is 2.59. The molecule has 0 bridgehead atoms. The molecule has 53 heavy (non-hydrogen) atoms. The average molecular weight is 755 g/mol. The summed E-state index contributed by atoms with van der Waals surface area (Å²) in [7, 11) is 5.26. The van der Waals surface area contributed by atoms with Crippen LogP contribution >= 0.6 is 0 Å². The van der Waals surface area contributed by atoms with Crippen molar-refractivity contribution < 1.29 is 48.0 Å². The number of aliphatic hydroxyl groups excluding tert-OH is 1. The predicted octanol–water partition coefficient (Wildman–Crippen LogP) is 4.70. The second kappa shape index (κ2) is 19.5. The Morgan fingerprint density at radius 3 is 2.38 bits per heavy atom. The smallest absolute Gasteiger partial charge is 0.410 e. The normalized spacial score (nSPS) is 37.4. The van der Waals surface area contributed by atoms with Gasteiger partial charge in [-0.3, -0.25) is 19.3 Å². The average Bonchev–Trinajstić information content (AvgIpc) is 3.34. The molecule has 0 aromatic carbocycles. The lowest BCUT2D eigenvalue weighted by Crippen LogP contribution is -2.62. The number of aliphatic hydroxyl groups is 1. The molecule has 3 saturated heterocycles. The van der Waals surface area contributed by atoms with Gasteiger partial charge in [0.25, 0.3) is 0 Å². The number of hydrogen-bond acceptors (Lipinski definition) is 12. The predicted molar refractivity (Wildman–Crippen MR) is 198 cm³/mol. The zero-order valence-electron chi connectivity index (χ0n) is 32.9. The molecule has 2 amide bonds. The van der Waals surface area contributed by atoms with Crippen LogP contribution in [0.1, 0.15) is 101 Å². The number of azide groups is 1. The number of fused-ring (bicyclic) bond motifs is 1. The van der Waals surface area contributed by atoms with E-state index in [1.807, 2.05) is 46.7 Å². The molecule has 1 N–H and O–H groups in total. The number of rotatable bonds is 10. The molecule has 304 valence electrons. The number of methoxy groups -OCH3 is 1. The summed E-state index contributed by atoms with van der Waals surface area (Å²) < 4.78 is 30.9. The van der Waals surface area contributed by atoms with Crippen LogP contribution in [0.15, 0.2) is 5.11 Å². The summed E-state index contributed by atoms with van der Waals surface area (Å²) in [4.78, 5) is 62.8. The second-order valence-corrected chi connectivity index (χ2v) is 15.5. The van der Waals surface area contributed by atoms with Crippen molar-refractivity contribution >= 4 is 23.8 Å². The van der Waals surface area contributed by atoms with Gasteiger partial charge in [0.15, 0.2) is 11.9 Å². The number of amides is 2. The first kappa shape index (κ1) is 46.1. The number of unbranched alkanes of at least 4 members (excludes halogenated alkanes) is 1. The van der Waals surface area contributed by atoms with E-state index in [0.29, 0.717) is 25.7 Å². The number of nitrogens with zero attached hydrogens (tertiary/aromatic N) is 6. The Labute approximate surface area is 315 Å². The van der Waals surface area contributed by atoms with Gasteiger partial charge in [0.05, 0.1) is 29.9 Å². The summed E-state index contributed by atoms with van der Waals surface area (Å²) >= 11 is 0. The number of carbonyl (C=O) groups is 4. The first-order chi connectivity index (χ1) is 24.3. The highest BCUT2D eigenvalue weighted by molar-refractivity contribution is 5.99. The quantitative estimate of drug-likeness (QED) is 0.0812. The first-order valence-corrected chi connectivity index (χ1v) is 18.6. The number of cyclic esters (lactones) is 1. The van der Waals surface area contributed by atoms with Crippen molar-refractivity contribution in [1.29, 1.82) is 0 Å². The van der Waals surface area contributed by atoms with Crippen molar-refractivity contribution in [3.63, 3.8) is 0 Å². The monoisotopic (exact) mass is 754 g/mol. The van der Waals surface area contributed by atoms with Crippen molar-refractivity contribution in [1.82, 2.24) is 14.7 Å². The molecule has 3 heterocycles. The maximum Gasteiger partial charge on any atom is 0.410 e. The van der Waals surface area contributed by atoms with E-state index in [4.69, 9.17) is 29.2 Å². The van der Waals surface area contributed by atoms with Crippen LogP contribution in [0.2, 0.25) is 0 Å². The van der Waals surface area contributed by atoms with Gasteiger partial charge in [0, 0.05) is 51.0 Å². The van der Waals surface area contributed by atoms with E-state index in [1.165, 1.54) is 21.0 Å². The molecule has 0 aromatic rings. The van der Waals surface area contributed by atoms with Gasteiger partial charge in [-0.1, -0.05) is 26.4 Å². The van der Waals surface area contributed by atoms with Crippen LogP contribution in [0.4, 0.5) is 4.79 Å². The molecule has 0 aliphatic carbocycles. The number of esters is 1. The zero-order chi connectivity index (χ0) is 39.1. The summed E-state index contributed by atoms with van der Waals surface area (Å²) in [5.74, 6) is -2.89. The summed E-state index contributed by atoms with van der Waals surface area (Å²) in [6, 6.07) is -1.59. The zero-order valence-corrected chi connectivity index (χ0v) is 32.9. The molecule has 3 rings (SSSR count). The molecule has 3 fully saturated rings. The number of carbonyl (C=O) groups excluding carboxylic acids is 4. The Bertz CT molecular complexity index is 1310. The van der Waals surface area contributed by atoms with Crippen molar-refractivity contribution in [3.8, 4) is 0 Å². The van der Waals surface area contributed by atoms with Gasteiger partial charge >= 0.3 is 12.1 Å². The third-order valence-corrected chi connectivity index (χ3v) is 11.3. The van der Waals surface area contributed by atoms with Crippen molar-refractivity contribution in [2.45, 2.75) is 161 Å². The lowest BCUT2D eigenvalue weighted by atomic mass is 9.82. The molecular weight excluding hydrogens is 688 g/mol. The van der Waals surface area contributed by atoms with Crippen LogP contribution in [0.25, 0.3) is 10.4 Å². The molecule has 0 spiro atoms. The van der Waals surface area contributed by atoms with E-state index < -0.39 is 71.7 Å². The van der Waals surface area contributed by atoms with E-state index in [2.05, 4.69) is 10.0 Å². The fraction of sp³-hybridized carbons (Fsp3) is 0.892. The fourth-order valence-corrected chi connectivity index (χ4v) is 8.22. The minimum absolute atomic E-state index is 0. The number of hydrogen-bond donors (Lipinski definition) is 1. The van der Waals surface area contributed by atoms with Gasteiger partial charge in [-0.05, 0) is 92.3 Å². The SMILES string of the molecule is C.CC[C@H]1OC(=O)[C@H](C)C(=O)C[C@@H](O[C@@H]2OC(C)CC(N(C)C)C2O)[C@](C)(OC)C[C@@H](C)CN(C(C)=O)[C@H](C)[C@H]2N(CCCCN=[N+]=[N-])C(=O)O[C@]12C. The lowest BCUT2D eigenvalue weighted by Gasteiger charge is -2.46. The standard InChI is InChI=1S/C36H62N6O10.CH4/c1-12-28-36(8)31(41(34(47)52-36)16-14-13-15-38-39-37)24(5)42(25(6)43)20-21(2)19-35(7,48-11)29(18-27(44)23(4)32(46)50-28)51-33-30(45)26(40(9)10)17-22(3)49-33;/h21-24,26,28-31,33,45H,12-20H2,1-11H3;1H4/t21-,22?,23-,24-,26?,28-,29-,30?,31-,33+,35-,36-;/m1./s1. The van der Waals surface area contributed by atoms with Gasteiger partial charge in [-0.25, -0.2) is 4.79 Å². The highest BCUT2D eigenvalue weighted by Crippen LogP contribution is 2.41. The first-order valence-electron chi connectivity index (χ1n) is 18.6. The van der Waals surface area contributed by atoms with E-state index in [0.717, 1.165) is 0 Å². The van der Waals surface area contributed by atoms with E-state index in [9.17, 15) is 24.3 Å². The molecule has 16 nitrogen and oxygen atoms in total. The molecule has 0 radical (unpaired) electrons. The van der Waals surface area contributed by atoms with Gasteiger partial charge < -0.3 is 38.6 Å². The van der Waals surface area contributed by atoms with Crippen LogP contribution in [0.5, 0.6) is 0 Å². The van der Waals surface area contributed by atoms with Crippen LogP contribution < -0.4 is 0 Å². The molecule has 0 saturated carbocycles. The van der Waals surface area contributed by atoms with E-state index in [-0.39, 0.29) is 63.9 Å².